The van der Waals surface area contributed by atoms with E-state index in [0.29, 0.717) is 11.5 Å². The minimum Gasteiger partial charge on any atom is -0.509 e. The average Bonchev–Trinajstić information content (AvgIpc) is 3.76. The van der Waals surface area contributed by atoms with Crippen LogP contribution < -0.4 is 14.5 Å². The first-order valence-corrected chi connectivity index (χ1v) is 20.1. The Balaban J connectivity index is 0.00000484. The van der Waals surface area contributed by atoms with Gasteiger partial charge in [0.25, 0.3) is 0 Å². The van der Waals surface area contributed by atoms with Crippen LogP contribution in [-0.2, 0) is 37.3 Å². The summed E-state index contributed by atoms with van der Waals surface area (Å²) in [6.45, 7) is 20.2. The van der Waals surface area contributed by atoms with Gasteiger partial charge < -0.3 is 19.1 Å². The Morgan fingerprint density at radius 1 is 0.542 bits per heavy atom. The van der Waals surface area contributed by atoms with Crippen molar-refractivity contribution in [3.63, 3.8) is 0 Å². The van der Waals surface area contributed by atoms with Crippen LogP contribution in [0.5, 0.6) is 11.5 Å². The number of hydrogen-bond donors (Lipinski definition) is 0. The third-order valence-electron chi connectivity index (χ3n) is 11.6. The Morgan fingerprint density at radius 2 is 1.24 bits per heavy atom. The third kappa shape index (κ3) is 7.47. The van der Waals surface area contributed by atoms with Crippen LogP contribution in [0.1, 0.15) is 77.6 Å². The number of nitrogens with zero attached hydrogens (tertiary/aromatic N) is 4. The standard InChI is InChI=1S/C53H49N4O.Pt/c1-51(2,3)37-24-27-47-49(31-37)56(40-19-14-18-39(30-40)53(7,8)36-16-10-9-11-17-36)35-55(47)41-20-15-21-42(33-41)58-43-25-26-45-44-22-12-13-23-46(44)57(48(45)34-43)50-32-38(28-29-54-50)52(4,5)6;/h9-32,35H,1-8H3;/q-3;. The summed E-state index contributed by atoms with van der Waals surface area (Å²) in [5.74, 6) is 2.07. The molecule has 0 saturated heterocycles. The zero-order valence-corrected chi connectivity index (χ0v) is 37.2. The smallest absolute Gasteiger partial charge is 0.135 e. The van der Waals surface area contributed by atoms with E-state index in [1.165, 1.54) is 22.3 Å². The zero-order chi connectivity index (χ0) is 40.4. The molecule has 59 heavy (non-hydrogen) atoms. The van der Waals surface area contributed by atoms with E-state index in [9.17, 15) is 0 Å². The van der Waals surface area contributed by atoms with Gasteiger partial charge in [0.2, 0.25) is 0 Å². The molecule has 0 radical (unpaired) electrons. The van der Waals surface area contributed by atoms with Gasteiger partial charge >= 0.3 is 0 Å². The van der Waals surface area contributed by atoms with Gasteiger partial charge in [-0.2, -0.15) is 12.1 Å². The maximum atomic E-state index is 6.61. The number of benzene rings is 6. The van der Waals surface area contributed by atoms with Gasteiger partial charge in [0, 0.05) is 66.8 Å². The first-order chi connectivity index (χ1) is 27.8. The number of pyridine rings is 1. The van der Waals surface area contributed by atoms with Crippen LogP contribution in [0.3, 0.4) is 0 Å². The molecular weight excluding hydrogens is 904 g/mol. The molecule has 1 aliphatic heterocycles. The second-order valence-corrected chi connectivity index (χ2v) is 17.9. The molecule has 0 unspecified atom stereocenters. The van der Waals surface area contributed by atoms with Crippen molar-refractivity contribution < 1.29 is 25.8 Å². The second-order valence-electron chi connectivity index (χ2n) is 17.9. The van der Waals surface area contributed by atoms with Gasteiger partial charge in [0.05, 0.1) is 0 Å². The van der Waals surface area contributed by atoms with Gasteiger partial charge in [-0.05, 0) is 80.9 Å². The number of ether oxygens (including phenoxy) is 1. The van der Waals surface area contributed by atoms with Crippen LogP contribution in [0.4, 0.5) is 22.7 Å². The van der Waals surface area contributed by atoms with Crippen LogP contribution >= 0.6 is 0 Å². The normalized spacial score (nSPS) is 13.2. The molecule has 2 aromatic heterocycles. The molecule has 0 amide bonds. The molecule has 0 spiro atoms. The molecule has 3 heterocycles. The summed E-state index contributed by atoms with van der Waals surface area (Å²) >= 11 is 0. The Kier molecular flexibility index (Phi) is 10.3. The molecular formula is C53H49N4OPt-3. The number of anilines is 4. The summed E-state index contributed by atoms with van der Waals surface area (Å²) < 4.78 is 8.80. The van der Waals surface area contributed by atoms with E-state index < -0.39 is 0 Å². The molecule has 8 aromatic rings. The first-order valence-electron chi connectivity index (χ1n) is 20.1. The summed E-state index contributed by atoms with van der Waals surface area (Å²) in [6, 6.07) is 56.6. The van der Waals surface area contributed by atoms with Crippen molar-refractivity contribution in [2.24, 2.45) is 0 Å². The summed E-state index contributed by atoms with van der Waals surface area (Å²) in [6.07, 6.45) is 1.90. The van der Waals surface area contributed by atoms with Crippen molar-refractivity contribution in [3.8, 4) is 17.3 Å². The predicted octanol–water partition coefficient (Wildman–Crippen LogP) is 13.9. The Morgan fingerprint density at radius 3 is 2.02 bits per heavy atom. The summed E-state index contributed by atoms with van der Waals surface area (Å²) in [4.78, 5) is 9.36. The predicted molar refractivity (Wildman–Crippen MR) is 240 cm³/mol. The Bertz CT molecular complexity index is 2810. The van der Waals surface area contributed by atoms with E-state index in [-0.39, 0.29) is 37.3 Å². The minimum absolute atomic E-state index is 0. The fourth-order valence-corrected chi connectivity index (χ4v) is 8.02. The zero-order valence-electron chi connectivity index (χ0n) is 34.9. The van der Waals surface area contributed by atoms with E-state index in [1.807, 2.05) is 24.4 Å². The number of para-hydroxylation sites is 1. The van der Waals surface area contributed by atoms with E-state index >= 15 is 0 Å². The van der Waals surface area contributed by atoms with Crippen LogP contribution in [0.2, 0.25) is 0 Å². The van der Waals surface area contributed by atoms with Gasteiger partial charge in [-0.1, -0.05) is 128 Å². The molecule has 0 aliphatic carbocycles. The minimum atomic E-state index is -0.173. The summed E-state index contributed by atoms with van der Waals surface area (Å²) in [7, 11) is 0. The second kappa shape index (κ2) is 15.2. The van der Waals surface area contributed by atoms with Gasteiger partial charge in [0.1, 0.15) is 5.82 Å². The number of rotatable bonds is 7. The number of aromatic nitrogens is 2. The van der Waals surface area contributed by atoms with E-state index in [4.69, 9.17) is 9.72 Å². The molecule has 9 rings (SSSR count). The van der Waals surface area contributed by atoms with E-state index in [2.05, 4.69) is 210 Å². The SMILES string of the molecule is CC(C)(C)c1ccnc(-n2c3[c-]c(Oc4[c-]c(N5[CH-]N(c6cccc(C(C)(C)c7ccccc7)c6)c6cc(C(C)(C)C)ccc65)ccc4)ccc3c3ccccc32)c1.[Pt]. The average molecular weight is 953 g/mol. The molecule has 0 N–H and O–H groups in total. The maximum absolute atomic E-state index is 6.61. The third-order valence-corrected chi connectivity index (χ3v) is 11.6. The quantitative estimate of drug-likeness (QED) is 0.149. The van der Waals surface area contributed by atoms with E-state index in [1.54, 1.807) is 0 Å². The van der Waals surface area contributed by atoms with Crippen molar-refractivity contribution in [2.45, 2.75) is 71.6 Å². The van der Waals surface area contributed by atoms with Crippen molar-refractivity contribution in [2.75, 3.05) is 9.80 Å². The molecule has 5 nitrogen and oxygen atoms in total. The van der Waals surface area contributed by atoms with Crippen LogP contribution in [-0.4, -0.2) is 9.55 Å². The van der Waals surface area contributed by atoms with Crippen LogP contribution in [0.25, 0.3) is 27.6 Å². The fraction of sp³-hybridized carbons (Fsp3) is 0.208. The van der Waals surface area contributed by atoms with Crippen molar-refractivity contribution in [1.29, 1.82) is 0 Å². The first kappa shape index (κ1) is 40.2. The molecule has 0 bridgehead atoms. The van der Waals surface area contributed by atoms with Crippen LogP contribution in [0, 0.1) is 18.8 Å². The monoisotopic (exact) mass is 952 g/mol. The molecule has 6 aromatic carbocycles. The van der Waals surface area contributed by atoms with E-state index in [0.717, 1.165) is 50.4 Å². The molecule has 1 aliphatic rings. The molecule has 6 heteroatoms. The summed E-state index contributed by atoms with van der Waals surface area (Å²) in [5.41, 5.74) is 11.0. The molecule has 300 valence electrons. The molecule has 0 fully saturated rings. The van der Waals surface area contributed by atoms with Gasteiger partial charge in [-0.25, -0.2) is 4.98 Å². The van der Waals surface area contributed by atoms with Crippen molar-refractivity contribution >= 4 is 44.6 Å². The van der Waals surface area contributed by atoms with Gasteiger partial charge in [0.15, 0.2) is 0 Å². The van der Waals surface area contributed by atoms with Gasteiger partial charge in [-0.15, -0.1) is 48.1 Å². The summed E-state index contributed by atoms with van der Waals surface area (Å²) in [5, 5.41) is 2.24. The maximum Gasteiger partial charge on any atom is 0.135 e. The number of hydrogen-bond acceptors (Lipinski definition) is 4. The van der Waals surface area contributed by atoms with Crippen LogP contribution in [0.15, 0.2) is 146 Å². The molecule has 0 saturated carbocycles. The van der Waals surface area contributed by atoms with Crippen molar-refractivity contribution in [3.05, 3.63) is 187 Å². The fourth-order valence-electron chi connectivity index (χ4n) is 8.02. The largest absolute Gasteiger partial charge is 0.509 e. The van der Waals surface area contributed by atoms with Gasteiger partial charge in [-0.3, -0.25) is 0 Å². The topological polar surface area (TPSA) is 33.5 Å². The Labute approximate surface area is 363 Å². The van der Waals surface area contributed by atoms with Crippen molar-refractivity contribution in [1.82, 2.24) is 9.55 Å². The Hall–Kier alpha value is -5.64. The number of fused-ring (bicyclic) bond motifs is 4. The molecule has 0 atom stereocenters.